The van der Waals surface area contributed by atoms with Gasteiger partial charge in [0.05, 0.1) is 11.7 Å². The monoisotopic (exact) mass is 197 g/mol. The molecule has 3 aromatic rings. The van der Waals surface area contributed by atoms with Crippen molar-refractivity contribution >= 4 is 10.9 Å². The van der Waals surface area contributed by atoms with Gasteiger partial charge in [-0.3, -0.25) is 5.10 Å². The van der Waals surface area contributed by atoms with Gasteiger partial charge in [0.25, 0.3) is 0 Å². The summed E-state index contributed by atoms with van der Waals surface area (Å²) < 4.78 is 2.12. The number of fused-ring (bicyclic) bond motifs is 1. The third-order valence-corrected chi connectivity index (χ3v) is 2.66. The van der Waals surface area contributed by atoms with Gasteiger partial charge >= 0.3 is 0 Å². The largest absolute Gasteiger partial charge is 0.301 e. The molecule has 3 rings (SSSR count). The van der Waals surface area contributed by atoms with Crippen molar-refractivity contribution < 1.29 is 0 Å². The predicted octanol–water partition coefficient (Wildman–Crippen LogP) is 2.66. The number of para-hydroxylation sites is 1. The zero-order chi connectivity index (χ0) is 10.3. The Kier molecular flexibility index (Phi) is 1.65. The van der Waals surface area contributed by atoms with E-state index in [4.69, 9.17) is 0 Å². The van der Waals surface area contributed by atoms with Crippen molar-refractivity contribution in [2.24, 2.45) is 0 Å². The lowest BCUT2D eigenvalue weighted by Gasteiger charge is -1.99. The molecule has 3 heteroatoms. The number of hydrogen-bond acceptors (Lipinski definition) is 1. The standard InChI is InChI=1S/C12H11N3/c1-9-8-15(12-6-7-13-14-12)11-5-3-2-4-10(9)11/h2-8H,1H3,(H,13,14). The number of nitrogens with one attached hydrogen (secondary N) is 1. The zero-order valence-corrected chi connectivity index (χ0v) is 8.44. The van der Waals surface area contributed by atoms with Crippen LogP contribution in [-0.2, 0) is 0 Å². The Morgan fingerprint density at radius 1 is 1.20 bits per heavy atom. The Morgan fingerprint density at radius 2 is 2.07 bits per heavy atom. The van der Waals surface area contributed by atoms with Crippen molar-refractivity contribution in [3.8, 4) is 5.82 Å². The molecule has 0 bridgehead atoms. The second-order valence-electron chi connectivity index (χ2n) is 3.64. The maximum absolute atomic E-state index is 3.97. The lowest BCUT2D eigenvalue weighted by molar-refractivity contribution is 0.985. The fraction of sp³-hybridized carbons (Fsp3) is 0.0833. The van der Waals surface area contributed by atoms with Crippen LogP contribution in [0.5, 0.6) is 0 Å². The number of rotatable bonds is 1. The van der Waals surface area contributed by atoms with Crippen molar-refractivity contribution in [2.75, 3.05) is 0 Å². The molecule has 0 radical (unpaired) electrons. The summed E-state index contributed by atoms with van der Waals surface area (Å²) in [6.07, 6.45) is 3.89. The van der Waals surface area contributed by atoms with Gasteiger partial charge in [-0.25, -0.2) is 0 Å². The maximum Gasteiger partial charge on any atom is 0.132 e. The molecule has 0 atom stereocenters. The average Bonchev–Trinajstić information content (AvgIpc) is 2.87. The van der Waals surface area contributed by atoms with Crippen LogP contribution in [0.3, 0.4) is 0 Å². The summed E-state index contributed by atoms with van der Waals surface area (Å²) in [6, 6.07) is 10.3. The molecule has 0 spiro atoms. The van der Waals surface area contributed by atoms with Crippen LogP contribution >= 0.6 is 0 Å². The highest BCUT2D eigenvalue weighted by Gasteiger charge is 2.06. The number of hydrogen-bond donors (Lipinski definition) is 1. The Hall–Kier alpha value is -2.03. The quantitative estimate of drug-likeness (QED) is 0.639. The molecule has 0 fully saturated rings. The van der Waals surface area contributed by atoms with Crippen LogP contribution in [0.2, 0.25) is 0 Å². The van der Waals surface area contributed by atoms with Crippen molar-refractivity contribution in [3.63, 3.8) is 0 Å². The molecule has 0 aliphatic carbocycles. The van der Waals surface area contributed by atoms with Gasteiger partial charge in [0.2, 0.25) is 0 Å². The van der Waals surface area contributed by atoms with Crippen molar-refractivity contribution in [2.45, 2.75) is 6.92 Å². The number of nitrogens with zero attached hydrogens (tertiary/aromatic N) is 2. The van der Waals surface area contributed by atoms with Gasteiger partial charge in [-0.05, 0) is 18.6 Å². The third kappa shape index (κ3) is 1.16. The first kappa shape index (κ1) is 8.29. The average molecular weight is 197 g/mol. The van der Waals surface area contributed by atoms with Gasteiger partial charge in [-0.2, -0.15) is 5.10 Å². The molecule has 2 aromatic heterocycles. The lowest BCUT2D eigenvalue weighted by atomic mass is 10.2. The third-order valence-electron chi connectivity index (χ3n) is 2.66. The minimum Gasteiger partial charge on any atom is -0.301 e. The van der Waals surface area contributed by atoms with E-state index in [-0.39, 0.29) is 0 Å². The van der Waals surface area contributed by atoms with Crippen LogP contribution in [0.4, 0.5) is 0 Å². The molecule has 74 valence electrons. The van der Waals surface area contributed by atoms with Crippen LogP contribution in [0.1, 0.15) is 5.56 Å². The van der Waals surface area contributed by atoms with Crippen LogP contribution in [0.25, 0.3) is 16.7 Å². The molecule has 2 heterocycles. The van der Waals surface area contributed by atoms with Crippen LogP contribution in [-0.4, -0.2) is 14.8 Å². The molecule has 0 aliphatic heterocycles. The molecule has 0 saturated heterocycles. The summed E-state index contributed by atoms with van der Waals surface area (Å²) in [4.78, 5) is 0. The molecular formula is C12H11N3. The van der Waals surface area contributed by atoms with E-state index in [0.717, 1.165) is 5.82 Å². The predicted molar refractivity (Wildman–Crippen MR) is 60.2 cm³/mol. The van der Waals surface area contributed by atoms with Crippen molar-refractivity contribution in [1.82, 2.24) is 14.8 Å². The van der Waals surface area contributed by atoms with Crippen LogP contribution < -0.4 is 0 Å². The van der Waals surface area contributed by atoms with E-state index < -0.39 is 0 Å². The van der Waals surface area contributed by atoms with E-state index in [1.165, 1.54) is 16.5 Å². The SMILES string of the molecule is Cc1cn(-c2ccn[nH]2)c2ccccc12. The number of aromatic amines is 1. The van der Waals surface area contributed by atoms with Gasteiger partial charge in [-0.15, -0.1) is 0 Å². The Balaban J connectivity index is 2.37. The molecule has 0 saturated carbocycles. The molecule has 3 nitrogen and oxygen atoms in total. The maximum atomic E-state index is 3.97. The Bertz CT molecular complexity index is 590. The van der Waals surface area contributed by atoms with Crippen LogP contribution in [0, 0.1) is 6.92 Å². The second kappa shape index (κ2) is 2.98. The molecule has 0 unspecified atom stereocenters. The van der Waals surface area contributed by atoms with Gasteiger partial charge in [-0.1, -0.05) is 18.2 Å². The molecule has 0 aliphatic rings. The minimum absolute atomic E-state index is 0.999. The summed E-state index contributed by atoms with van der Waals surface area (Å²) in [6.45, 7) is 2.12. The van der Waals surface area contributed by atoms with E-state index in [1.54, 1.807) is 6.20 Å². The van der Waals surface area contributed by atoms with Gasteiger partial charge in [0.15, 0.2) is 0 Å². The summed E-state index contributed by atoms with van der Waals surface area (Å²) in [5.41, 5.74) is 2.49. The first-order valence-corrected chi connectivity index (χ1v) is 4.93. The first-order chi connectivity index (χ1) is 7.36. The lowest BCUT2D eigenvalue weighted by Crippen LogP contribution is -1.91. The Morgan fingerprint density at radius 3 is 2.87 bits per heavy atom. The topological polar surface area (TPSA) is 33.6 Å². The fourth-order valence-electron chi connectivity index (χ4n) is 1.93. The highest BCUT2D eigenvalue weighted by molar-refractivity contribution is 5.85. The molecule has 0 amide bonds. The minimum atomic E-state index is 0.999. The van der Waals surface area contributed by atoms with Gasteiger partial charge < -0.3 is 4.57 Å². The van der Waals surface area contributed by atoms with Crippen molar-refractivity contribution in [1.29, 1.82) is 0 Å². The summed E-state index contributed by atoms with van der Waals surface area (Å²) in [5.74, 6) is 0.999. The summed E-state index contributed by atoms with van der Waals surface area (Å²) in [7, 11) is 0. The van der Waals surface area contributed by atoms with E-state index in [2.05, 4.69) is 52.2 Å². The van der Waals surface area contributed by atoms with E-state index in [1.807, 2.05) is 6.07 Å². The van der Waals surface area contributed by atoms with E-state index >= 15 is 0 Å². The normalized spacial score (nSPS) is 11.0. The first-order valence-electron chi connectivity index (χ1n) is 4.93. The number of aryl methyl sites for hydroxylation is 1. The highest BCUT2D eigenvalue weighted by atomic mass is 15.2. The van der Waals surface area contributed by atoms with Gasteiger partial charge in [0, 0.05) is 17.6 Å². The van der Waals surface area contributed by atoms with Gasteiger partial charge in [0.1, 0.15) is 5.82 Å². The Labute approximate surface area is 87.4 Å². The summed E-state index contributed by atoms with van der Waals surface area (Å²) >= 11 is 0. The fourth-order valence-corrected chi connectivity index (χ4v) is 1.93. The van der Waals surface area contributed by atoms with Crippen LogP contribution in [0.15, 0.2) is 42.7 Å². The second-order valence-corrected chi connectivity index (χ2v) is 3.64. The number of benzene rings is 1. The molecule has 1 aromatic carbocycles. The smallest absolute Gasteiger partial charge is 0.132 e. The van der Waals surface area contributed by atoms with Crippen molar-refractivity contribution in [3.05, 3.63) is 48.3 Å². The molecule has 15 heavy (non-hydrogen) atoms. The summed E-state index contributed by atoms with van der Waals surface area (Å²) in [5, 5.41) is 8.23. The zero-order valence-electron chi connectivity index (χ0n) is 8.44. The molecular weight excluding hydrogens is 186 g/mol. The van der Waals surface area contributed by atoms with E-state index in [0.29, 0.717) is 0 Å². The highest BCUT2D eigenvalue weighted by Crippen LogP contribution is 2.22. The number of H-pyrrole nitrogens is 1. The molecule has 1 N–H and O–H groups in total. The van der Waals surface area contributed by atoms with E-state index in [9.17, 15) is 0 Å². The number of aromatic nitrogens is 3.